The predicted molar refractivity (Wildman–Crippen MR) is 107 cm³/mol. The van der Waals surface area contributed by atoms with Gasteiger partial charge in [0, 0.05) is 13.1 Å². The largest absolute Gasteiger partial charge is 0.496 e. The normalized spacial score (nSPS) is 14.6. The molecule has 0 atom stereocenters. The Morgan fingerprint density at radius 3 is 2.57 bits per heavy atom. The summed E-state index contributed by atoms with van der Waals surface area (Å²) in [6, 6.07) is 8.71. The first kappa shape index (κ1) is 20.7. The van der Waals surface area contributed by atoms with Crippen LogP contribution in [0.3, 0.4) is 0 Å². The van der Waals surface area contributed by atoms with Gasteiger partial charge in [-0.25, -0.2) is 8.42 Å². The van der Waals surface area contributed by atoms with E-state index < -0.39 is 10.0 Å². The molecule has 0 radical (unpaired) electrons. The van der Waals surface area contributed by atoms with E-state index >= 15 is 0 Å². The molecule has 0 saturated carbocycles. The quantitative estimate of drug-likeness (QED) is 0.764. The van der Waals surface area contributed by atoms with E-state index in [2.05, 4.69) is 4.72 Å². The van der Waals surface area contributed by atoms with Crippen molar-refractivity contribution in [3.8, 4) is 5.75 Å². The summed E-state index contributed by atoms with van der Waals surface area (Å²) in [6.07, 6.45) is 0. The van der Waals surface area contributed by atoms with Crippen molar-refractivity contribution in [3.63, 3.8) is 0 Å². The zero-order valence-electron chi connectivity index (χ0n) is 14.9. The van der Waals surface area contributed by atoms with Crippen LogP contribution in [0.5, 0.6) is 5.75 Å². The molecule has 1 aliphatic heterocycles. The van der Waals surface area contributed by atoms with Crippen LogP contribution in [0.1, 0.15) is 10.4 Å². The molecule has 0 aromatic heterocycles. The Balaban J connectivity index is 1.95. The predicted octanol–water partition coefficient (Wildman–Crippen LogP) is 3.28. The average molecular weight is 445 g/mol. The molecule has 2 aromatic rings. The lowest BCUT2D eigenvalue weighted by Gasteiger charge is -2.27. The van der Waals surface area contributed by atoms with Crippen LogP contribution in [0.25, 0.3) is 0 Å². The van der Waals surface area contributed by atoms with Crippen molar-refractivity contribution in [1.29, 1.82) is 0 Å². The number of amides is 1. The Hall–Kier alpha value is -2.00. The molecule has 1 amide bonds. The van der Waals surface area contributed by atoms with Crippen LogP contribution in [-0.2, 0) is 14.8 Å². The highest BCUT2D eigenvalue weighted by molar-refractivity contribution is 7.92. The number of methoxy groups -OCH3 is 1. The minimum atomic E-state index is -4.01. The molecule has 3 rings (SSSR count). The maximum Gasteiger partial charge on any atom is 0.261 e. The number of anilines is 1. The van der Waals surface area contributed by atoms with E-state index in [1.54, 1.807) is 17.0 Å². The zero-order valence-corrected chi connectivity index (χ0v) is 17.3. The van der Waals surface area contributed by atoms with E-state index in [9.17, 15) is 13.2 Å². The summed E-state index contributed by atoms with van der Waals surface area (Å²) in [5.74, 6) is -0.0331. The molecular weight excluding hydrogens is 427 g/mol. The second-order valence-electron chi connectivity index (χ2n) is 5.97. The fourth-order valence-electron chi connectivity index (χ4n) is 2.74. The Labute approximate surface area is 173 Å². The minimum Gasteiger partial charge on any atom is -0.496 e. The van der Waals surface area contributed by atoms with Crippen LogP contribution in [-0.4, -0.2) is 52.6 Å². The topological polar surface area (TPSA) is 84.9 Å². The lowest BCUT2D eigenvalue weighted by Crippen LogP contribution is -2.40. The Bertz CT molecular complexity index is 991. The molecule has 0 aliphatic carbocycles. The molecule has 10 heteroatoms. The van der Waals surface area contributed by atoms with Gasteiger partial charge in [0.1, 0.15) is 5.75 Å². The molecule has 1 aliphatic rings. The summed E-state index contributed by atoms with van der Waals surface area (Å²) in [7, 11) is -2.59. The maximum absolute atomic E-state index is 12.9. The van der Waals surface area contributed by atoms with Gasteiger partial charge in [-0.2, -0.15) is 0 Å². The Morgan fingerprint density at radius 2 is 1.89 bits per heavy atom. The van der Waals surface area contributed by atoms with Crippen molar-refractivity contribution in [3.05, 3.63) is 52.0 Å². The summed E-state index contributed by atoms with van der Waals surface area (Å²) in [5, 5.41) is 0.311. The second kappa shape index (κ2) is 8.57. The highest BCUT2D eigenvalue weighted by Crippen LogP contribution is 2.32. The summed E-state index contributed by atoms with van der Waals surface area (Å²) < 4.78 is 38.5. The molecule has 0 spiro atoms. The van der Waals surface area contributed by atoms with Gasteiger partial charge in [0.25, 0.3) is 15.9 Å². The number of ether oxygens (including phenoxy) is 2. The van der Waals surface area contributed by atoms with Gasteiger partial charge in [-0.15, -0.1) is 0 Å². The zero-order chi connectivity index (χ0) is 20.3. The number of rotatable bonds is 5. The standard InChI is InChI=1S/C18H18Cl2N2O5S/c1-26-16-6-5-12(11-13(16)18(23)22-7-9-27-10-8-22)28(24,25)21-15-4-2-3-14(19)17(15)20/h2-6,11,21H,7-10H2,1H3. The van der Waals surface area contributed by atoms with Crippen LogP contribution in [0.15, 0.2) is 41.3 Å². The van der Waals surface area contributed by atoms with Crippen LogP contribution in [0.4, 0.5) is 5.69 Å². The molecule has 0 unspecified atom stereocenters. The number of morpholine rings is 1. The van der Waals surface area contributed by atoms with Gasteiger partial charge in [0.05, 0.1) is 46.5 Å². The first-order valence-electron chi connectivity index (χ1n) is 8.35. The number of hydrogen-bond donors (Lipinski definition) is 1. The van der Waals surface area contributed by atoms with Crippen molar-refractivity contribution in [2.75, 3.05) is 38.1 Å². The molecule has 1 heterocycles. The van der Waals surface area contributed by atoms with Crippen LogP contribution >= 0.6 is 23.2 Å². The van der Waals surface area contributed by atoms with Gasteiger partial charge in [-0.1, -0.05) is 29.3 Å². The number of hydrogen-bond acceptors (Lipinski definition) is 5. The van der Waals surface area contributed by atoms with Gasteiger partial charge in [0.2, 0.25) is 0 Å². The molecule has 1 saturated heterocycles. The fourth-order valence-corrected chi connectivity index (χ4v) is 4.25. The van der Waals surface area contributed by atoms with Crippen LogP contribution in [0.2, 0.25) is 10.0 Å². The molecule has 150 valence electrons. The first-order valence-corrected chi connectivity index (χ1v) is 10.6. The molecule has 1 fully saturated rings. The number of nitrogens with one attached hydrogen (secondary N) is 1. The third kappa shape index (κ3) is 4.35. The summed E-state index contributed by atoms with van der Waals surface area (Å²) in [5.41, 5.74) is 0.301. The molecular formula is C18H18Cl2N2O5S. The number of benzene rings is 2. The molecule has 0 bridgehead atoms. The molecule has 7 nitrogen and oxygen atoms in total. The van der Waals surface area contributed by atoms with E-state index in [4.69, 9.17) is 32.7 Å². The number of carbonyl (C=O) groups excluding carboxylic acids is 1. The number of carbonyl (C=O) groups is 1. The van der Waals surface area contributed by atoms with E-state index in [0.29, 0.717) is 26.3 Å². The third-order valence-electron chi connectivity index (χ3n) is 4.21. The smallest absolute Gasteiger partial charge is 0.261 e. The van der Waals surface area contributed by atoms with E-state index in [0.717, 1.165) is 0 Å². The summed E-state index contributed by atoms with van der Waals surface area (Å²) >= 11 is 12.0. The fraction of sp³-hybridized carbons (Fsp3) is 0.278. The van der Waals surface area contributed by atoms with E-state index in [1.165, 1.54) is 31.4 Å². The first-order chi connectivity index (χ1) is 13.3. The van der Waals surface area contributed by atoms with Crippen molar-refractivity contribution in [1.82, 2.24) is 4.90 Å². The van der Waals surface area contributed by atoms with E-state index in [1.807, 2.05) is 0 Å². The van der Waals surface area contributed by atoms with Crippen LogP contribution in [0, 0.1) is 0 Å². The Morgan fingerprint density at radius 1 is 1.18 bits per heavy atom. The van der Waals surface area contributed by atoms with Crippen LogP contribution < -0.4 is 9.46 Å². The van der Waals surface area contributed by atoms with Crippen molar-refractivity contribution in [2.24, 2.45) is 0 Å². The van der Waals surface area contributed by atoms with E-state index in [-0.39, 0.29) is 37.8 Å². The van der Waals surface area contributed by atoms with Gasteiger partial charge in [-0.05, 0) is 30.3 Å². The van der Waals surface area contributed by atoms with Crippen molar-refractivity contribution >= 4 is 44.8 Å². The molecule has 2 aromatic carbocycles. The lowest BCUT2D eigenvalue weighted by atomic mass is 10.1. The lowest BCUT2D eigenvalue weighted by molar-refractivity contribution is 0.0300. The maximum atomic E-state index is 12.9. The Kier molecular flexibility index (Phi) is 6.34. The minimum absolute atomic E-state index is 0.0888. The highest BCUT2D eigenvalue weighted by Gasteiger charge is 2.25. The SMILES string of the molecule is COc1ccc(S(=O)(=O)Nc2cccc(Cl)c2Cl)cc1C(=O)N1CCOCC1. The van der Waals surface area contributed by atoms with Crippen molar-refractivity contribution < 1.29 is 22.7 Å². The van der Waals surface area contributed by atoms with Gasteiger partial charge < -0.3 is 14.4 Å². The third-order valence-corrected chi connectivity index (χ3v) is 6.39. The number of sulfonamides is 1. The van der Waals surface area contributed by atoms with Gasteiger partial charge in [0.15, 0.2) is 0 Å². The number of halogens is 2. The van der Waals surface area contributed by atoms with Gasteiger partial charge in [-0.3, -0.25) is 9.52 Å². The van der Waals surface area contributed by atoms with Crippen molar-refractivity contribution in [2.45, 2.75) is 4.90 Å². The molecule has 28 heavy (non-hydrogen) atoms. The van der Waals surface area contributed by atoms with Gasteiger partial charge >= 0.3 is 0 Å². The second-order valence-corrected chi connectivity index (χ2v) is 8.44. The summed E-state index contributed by atoms with van der Waals surface area (Å²) in [4.78, 5) is 14.4. The number of nitrogens with zero attached hydrogens (tertiary/aromatic N) is 1. The highest BCUT2D eigenvalue weighted by atomic mass is 35.5. The summed E-state index contributed by atoms with van der Waals surface area (Å²) in [6.45, 7) is 1.71. The molecule has 1 N–H and O–H groups in total. The monoisotopic (exact) mass is 444 g/mol. The average Bonchev–Trinajstić information content (AvgIpc) is 2.71.